The number of hydrogen-bond donors (Lipinski definition) is 1. The summed E-state index contributed by atoms with van der Waals surface area (Å²) in [7, 11) is 1.77. The predicted octanol–water partition coefficient (Wildman–Crippen LogP) is 5.88. The van der Waals surface area contributed by atoms with Crippen LogP contribution in [0.25, 0.3) is 11.9 Å². The maximum atomic E-state index is 13.0. The molecule has 7 nitrogen and oxygen atoms in total. The maximum absolute atomic E-state index is 13.0. The monoisotopic (exact) mass is 482 g/mol. The number of carbonyl (C=O) groups is 2. The van der Waals surface area contributed by atoms with Crippen LogP contribution < -0.4 is 5.32 Å². The van der Waals surface area contributed by atoms with Gasteiger partial charge in [0, 0.05) is 41.8 Å². The molecule has 0 spiro atoms. The van der Waals surface area contributed by atoms with E-state index in [0.717, 1.165) is 34.1 Å². The average Bonchev–Trinajstić information content (AvgIpc) is 3.43. The van der Waals surface area contributed by atoms with Gasteiger partial charge in [0.25, 0.3) is 5.91 Å². The van der Waals surface area contributed by atoms with Crippen molar-refractivity contribution in [3.8, 4) is 5.82 Å². The van der Waals surface area contributed by atoms with Gasteiger partial charge in [0.15, 0.2) is 5.82 Å². The van der Waals surface area contributed by atoms with Crippen molar-refractivity contribution in [2.24, 2.45) is 0 Å². The topological polar surface area (TPSA) is 80.4 Å². The second kappa shape index (κ2) is 10.5. The van der Waals surface area contributed by atoms with Crippen LogP contribution in [0.4, 0.5) is 5.69 Å². The Balaban J connectivity index is 1.46. The number of aryl methyl sites for hydroxylation is 2. The van der Waals surface area contributed by atoms with E-state index >= 15 is 0 Å². The number of carbonyl (C=O) groups excluding carboxylic acids is 2. The second-order valence-electron chi connectivity index (χ2n) is 8.86. The first kappa shape index (κ1) is 24.7. The lowest BCUT2D eigenvalue weighted by Crippen LogP contribution is -2.28. The summed E-state index contributed by atoms with van der Waals surface area (Å²) in [5, 5.41) is 7.03. The Bertz CT molecular complexity index is 1420. The van der Waals surface area contributed by atoms with Gasteiger partial charge in [-0.2, -0.15) is 0 Å². The maximum Gasteiger partial charge on any atom is 0.255 e. The van der Waals surface area contributed by atoms with Crippen LogP contribution in [0, 0.1) is 20.8 Å². The quantitative estimate of drug-likeness (QED) is 0.334. The lowest BCUT2D eigenvalue weighted by Gasteiger charge is -2.24. The third kappa shape index (κ3) is 5.30. The molecule has 0 bridgehead atoms. The molecule has 0 saturated heterocycles. The fourth-order valence-electron chi connectivity index (χ4n) is 4.13. The van der Waals surface area contributed by atoms with E-state index < -0.39 is 0 Å². The van der Waals surface area contributed by atoms with Gasteiger partial charge in [0.2, 0.25) is 5.91 Å². The summed E-state index contributed by atoms with van der Waals surface area (Å²) in [5.74, 6) is 1.16. The van der Waals surface area contributed by atoms with Crippen molar-refractivity contribution < 1.29 is 14.1 Å². The molecule has 184 valence electrons. The van der Waals surface area contributed by atoms with Crippen molar-refractivity contribution in [3.05, 3.63) is 107 Å². The molecule has 1 atom stereocenters. The highest BCUT2D eigenvalue weighted by Gasteiger charge is 2.17. The van der Waals surface area contributed by atoms with Crippen LogP contribution in [-0.4, -0.2) is 33.5 Å². The van der Waals surface area contributed by atoms with Gasteiger partial charge >= 0.3 is 0 Å². The minimum Gasteiger partial charge on any atom is -0.360 e. The summed E-state index contributed by atoms with van der Waals surface area (Å²) in [5.41, 5.74) is 5.11. The van der Waals surface area contributed by atoms with E-state index in [1.54, 1.807) is 30.2 Å². The molecule has 0 aliphatic heterocycles. The first-order valence-corrected chi connectivity index (χ1v) is 11.8. The van der Waals surface area contributed by atoms with Crippen molar-refractivity contribution in [1.29, 1.82) is 0 Å². The molecule has 0 fully saturated rings. The van der Waals surface area contributed by atoms with Crippen molar-refractivity contribution in [2.75, 3.05) is 12.4 Å². The van der Waals surface area contributed by atoms with Crippen LogP contribution in [0.5, 0.6) is 0 Å². The summed E-state index contributed by atoms with van der Waals surface area (Å²) >= 11 is 0. The van der Waals surface area contributed by atoms with E-state index in [1.807, 2.05) is 92.9 Å². The van der Waals surface area contributed by atoms with Gasteiger partial charge in [-0.3, -0.25) is 14.2 Å². The number of nitrogens with one attached hydrogen (secondary N) is 1. The van der Waals surface area contributed by atoms with E-state index in [-0.39, 0.29) is 17.9 Å². The van der Waals surface area contributed by atoms with Gasteiger partial charge in [0.05, 0.1) is 6.04 Å². The van der Waals surface area contributed by atoms with Crippen LogP contribution in [-0.2, 0) is 4.79 Å². The number of aromatic nitrogens is 2. The molecule has 0 aliphatic carbocycles. The van der Waals surface area contributed by atoms with Crippen LogP contribution in [0.15, 0.2) is 77.3 Å². The third-order valence-electron chi connectivity index (χ3n) is 6.31. The number of hydrogen-bond acceptors (Lipinski definition) is 4. The van der Waals surface area contributed by atoms with Gasteiger partial charge in [-0.25, -0.2) is 0 Å². The highest BCUT2D eigenvalue weighted by Crippen LogP contribution is 2.24. The molecule has 4 aromatic rings. The Hall–Kier alpha value is -4.39. The zero-order valence-electron chi connectivity index (χ0n) is 21.1. The van der Waals surface area contributed by atoms with Crippen molar-refractivity contribution in [2.45, 2.75) is 33.7 Å². The number of benzene rings is 2. The molecule has 0 aliphatic rings. The molecule has 2 aromatic carbocycles. The SMILES string of the molecule is Cc1cc(-n2c(C)cc(/C=C/C(=O)N(C)C(C)c3cccc(NC(=O)c4ccccc4)c3)c2C)no1. The van der Waals surface area contributed by atoms with Crippen molar-refractivity contribution >= 4 is 23.6 Å². The molecule has 4 rings (SSSR count). The molecule has 2 amide bonds. The normalized spacial score (nSPS) is 12.0. The lowest BCUT2D eigenvalue weighted by atomic mass is 10.1. The summed E-state index contributed by atoms with van der Waals surface area (Å²) < 4.78 is 7.22. The molecule has 36 heavy (non-hydrogen) atoms. The minimum atomic E-state index is -0.193. The number of rotatable bonds is 7. The van der Waals surface area contributed by atoms with Crippen LogP contribution in [0.1, 0.15) is 51.6 Å². The molecule has 0 radical (unpaired) electrons. The van der Waals surface area contributed by atoms with E-state index in [1.165, 1.54) is 0 Å². The van der Waals surface area contributed by atoms with Gasteiger partial charge in [-0.15, -0.1) is 0 Å². The van der Waals surface area contributed by atoms with Crippen molar-refractivity contribution in [1.82, 2.24) is 14.6 Å². The Kier molecular flexibility index (Phi) is 7.20. The smallest absolute Gasteiger partial charge is 0.255 e. The van der Waals surface area contributed by atoms with Gasteiger partial charge in [-0.1, -0.05) is 35.5 Å². The zero-order chi connectivity index (χ0) is 25.8. The molecule has 7 heteroatoms. The number of amides is 2. The largest absolute Gasteiger partial charge is 0.360 e. The van der Waals surface area contributed by atoms with E-state index in [2.05, 4.69) is 10.5 Å². The first-order valence-electron chi connectivity index (χ1n) is 11.8. The van der Waals surface area contributed by atoms with Crippen LogP contribution >= 0.6 is 0 Å². The molecule has 0 saturated carbocycles. The minimum absolute atomic E-state index is 0.122. The number of likely N-dealkylation sites (N-methyl/N-ethyl adjacent to an activating group) is 1. The number of nitrogens with zero attached hydrogens (tertiary/aromatic N) is 3. The molecule has 2 aromatic heterocycles. The molecule has 2 heterocycles. The Morgan fingerprint density at radius 2 is 1.78 bits per heavy atom. The highest BCUT2D eigenvalue weighted by atomic mass is 16.5. The molecule has 1 unspecified atom stereocenters. The summed E-state index contributed by atoms with van der Waals surface area (Å²) in [6, 6.07) is 20.3. The summed E-state index contributed by atoms with van der Waals surface area (Å²) in [6.45, 7) is 7.80. The number of anilines is 1. The lowest BCUT2D eigenvalue weighted by molar-refractivity contribution is -0.126. The molecular weight excluding hydrogens is 452 g/mol. The fourth-order valence-corrected chi connectivity index (χ4v) is 4.13. The van der Waals surface area contributed by atoms with Gasteiger partial charge in [-0.05, 0) is 75.2 Å². The van der Waals surface area contributed by atoms with Crippen LogP contribution in [0.3, 0.4) is 0 Å². The predicted molar refractivity (Wildman–Crippen MR) is 141 cm³/mol. The zero-order valence-corrected chi connectivity index (χ0v) is 21.1. The average molecular weight is 483 g/mol. The Morgan fingerprint density at radius 3 is 2.47 bits per heavy atom. The standard InChI is InChI=1S/C29H30N4O3/c1-19-16-25(22(4)33(19)27-17-20(2)36-31-27)14-15-28(34)32(5)21(3)24-12-9-13-26(18-24)30-29(35)23-10-7-6-8-11-23/h6-18,21H,1-5H3,(H,30,35)/b15-14+. The van der Waals surface area contributed by atoms with Gasteiger partial charge in [0.1, 0.15) is 5.76 Å². The fraction of sp³-hybridized carbons (Fsp3) is 0.207. The first-order chi connectivity index (χ1) is 17.2. The molecule has 1 N–H and O–H groups in total. The van der Waals surface area contributed by atoms with E-state index in [9.17, 15) is 9.59 Å². The Morgan fingerprint density at radius 1 is 1.03 bits per heavy atom. The van der Waals surface area contributed by atoms with Gasteiger partial charge < -0.3 is 14.7 Å². The molecular formula is C29H30N4O3. The summed E-state index contributed by atoms with van der Waals surface area (Å²) in [4.78, 5) is 27.2. The highest BCUT2D eigenvalue weighted by molar-refractivity contribution is 6.04. The Labute approximate surface area is 211 Å². The second-order valence-corrected chi connectivity index (χ2v) is 8.86. The van der Waals surface area contributed by atoms with Crippen LogP contribution in [0.2, 0.25) is 0 Å². The van der Waals surface area contributed by atoms with E-state index in [0.29, 0.717) is 11.3 Å². The van der Waals surface area contributed by atoms with Crippen molar-refractivity contribution in [3.63, 3.8) is 0 Å². The summed E-state index contributed by atoms with van der Waals surface area (Å²) in [6.07, 6.45) is 3.41. The third-order valence-corrected chi connectivity index (χ3v) is 6.31. The van der Waals surface area contributed by atoms with E-state index in [4.69, 9.17) is 4.52 Å².